The van der Waals surface area contributed by atoms with Crippen molar-refractivity contribution in [3.63, 3.8) is 0 Å². The Balaban J connectivity index is 2.69. The molecule has 19 heavy (non-hydrogen) atoms. The van der Waals surface area contributed by atoms with E-state index in [0.717, 1.165) is 5.56 Å². The Bertz CT molecular complexity index is 411. The first-order valence-electron chi connectivity index (χ1n) is 5.77. The van der Waals surface area contributed by atoms with Gasteiger partial charge in [-0.25, -0.2) is 0 Å². The average molecular weight is 270 g/mol. The summed E-state index contributed by atoms with van der Waals surface area (Å²) in [6.45, 7) is 1.80. The summed E-state index contributed by atoms with van der Waals surface area (Å²) in [5, 5.41) is 14.1. The lowest BCUT2D eigenvalue weighted by atomic mass is 10.2. The summed E-state index contributed by atoms with van der Waals surface area (Å²) in [4.78, 5) is 10.5. The normalized spacial score (nSPS) is 10.4. The van der Waals surface area contributed by atoms with Gasteiger partial charge in [-0.2, -0.15) is 0 Å². The molecular weight excluding hydrogens is 252 g/mol. The van der Waals surface area contributed by atoms with E-state index < -0.39 is 4.92 Å². The molecule has 0 aromatic heterocycles. The zero-order valence-corrected chi connectivity index (χ0v) is 11.0. The Morgan fingerprint density at radius 1 is 1.32 bits per heavy atom. The maximum atomic E-state index is 11.0. The van der Waals surface area contributed by atoms with Crippen LogP contribution in [0.4, 0.5) is 5.69 Å². The first-order chi connectivity index (χ1) is 9.19. The molecule has 0 radical (unpaired) electrons. The fourth-order valence-electron chi connectivity index (χ4n) is 1.47. The van der Waals surface area contributed by atoms with Gasteiger partial charge in [0.25, 0.3) is 0 Å². The number of nitro groups is 1. The van der Waals surface area contributed by atoms with E-state index >= 15 is 0 Å². The zero-order valence-electron chi connectivity index (χ0n) is 11.0. The van der Waals surface area contributed by atoms with Gasteiger partial charge in [0.05, 0.1) is 11.5 Å². The topological polar surface area (TPSA) is 82.9 Å². The third kappa shape index (κ3) is 5.21. The van der Waals surface area contributed by atoms with E-state index in [1.54, 1.807) is 19.2 Å². The van der Waals surface area contributed by atoms with Crippen LogP contribution in [-0.2, 0) is 16.0 Å². The molecule has 0 unspecified atom stereocenters. The second kappa shape index (κ2) is 8.41. The number of benzene rings is 1. The molecule has 0 fully saturated rings. The number of ether oxygens (including phenoxy) is 3. The van der Waals surface area contributed by atoms with E-state index in [9.17, 15) is 10.1 Å². The maximum absolute atomic E-state index is 11.0. The van der Waals surface area contributed by atoms with Crippen LogP contribution in [0.1, 0.15) is 5.56 Å². The van der Waals surface area contributed by atoms with Crippen molar-refractivity contribution in [2.75, 3.05) is 34.2 Å². The lowest BCUT2D eigenvalue weighted by molar-refractivity contribution is -0.386. The van der Waals surface area contributed by atoms with Crippen molar-refractivity contribution in [1.29, 1.82) is 0 Å². The highest BCUT2D eigenvalue weighted by Gasteiger charge is 2.15. The van der Waals surface area contributed by atoms with Crippen molar-refractivity contribution in [2.45, 2.75) is 6.54 Å². The van der Waals surface area contributed by atoms with Gasteiger partial charge in [-0.3, -0.25) is 10.1 Å². The largest absolute Gasteiger partial charge is 0.460 e. The third-order valence-electron chi connectivity index (χ3n) is 2.36. The molecule has 0 saturated heterocycles. The Labute approximate surface area is 111 Å². The molecule has 1 aromatic carbocycles. The monoisotopic (exact) mass is 270 g/mol. The minimum Gasteiger partial charge on any atom is -0.460 e. The smallest absolute Gasteiger partial charge is 0.311 e. The van der Waals surface area contributed by atoms with Crippen molar-refractivity contribution in [3.8, 4) is 5.75 Å². The van der Waals surface area contributed by atoms with Gasteiger partial charge in [0.15, 0.2) is 12.5 Å². The van der Waals surface area contributed by atoms with Gasteiger partial charge >= 0.3 is 5.69 Å². The number of hydrogen-bond donors (Lipinski definition) is 1. The average Bonchev–Trinajstić information content (AvgIpc) is 2.41. The quantitative estimate of drug-likeness (QED) is 0.315. The summed E-state index contributed by atoms with van der Waals surface area (Å²) in [5.41, 5.74) is 0.746. The summed E-state index contributed by atoms with van der Waals surface area (Å²) in [5.74, 6) is 0.201. The molecule has 0 aliphatic carbocycles. The van der Waals surface area contributed by atoms with E-state index in [2.05, 4.69) is 5.32 Å². The van der Waals surface area contributed by atoms with Gasteiger partial charge < -0.3 is 19.5 Å². The second-order valence-electron chi connectivity index (χ2n) is 3.78. The van der Waals surface area contributed by atoms with Gasteiger partial charge in [0.2, 0.25) is 0 Å². The molecule has 1 aromatic rings. The minimum absolute atomic E-state index is 0.0216. The van der Waals surface area contributed by atoms with Crippen molar-refractivity contribution >= 4 is 5.69 Å². The first kappa shape index (κ1) is 15.4. The maximum Gasteiger partial charge on any atom is 0.311 e. The number of nitrogens with zero attached hydrogens (tertiary/aromatic N) is 1. The fraction of sp³-hybridized carbons (Fsp3) is 0.500. The van der Waals surface area contributed by atoms with Gasteiger partial charge in [0.1, 0.15) is 0 Å². The molecule has 7 heteroatoms. The van der Waals surface area contributed by atoms with Gasteiger partial charge in [-0.1, -0.05) is 6.07 Å². The van der Waals surface area contributed by atoms with E-state index in [1.165, 1.54) is 13.2 Å². The molecule has 0 atom stereocenters. The molecule has 0 heterocycles. The van der Waals surface area contributed by atoms with Crippen LogP contribution in [0.3, 0.4) is 0 Å². The molecule has 1 N–H and O–H groups in total. The molecule has 7 nitrogen and oxygen atoms in total. The van der Waals surface area contributed by atoms with Gasteiger partial charge in [-0.05, 0) is 11.6 Å². The van der Waals surface area contributed by atoms with Crippen LogP contribution in [0.5, 0.6) is 5.75 Å². The lowest BCUT2D eigenvalue weighted by Crippen LogP contribution is -2.18. The summed E-state index contributed by atoms with van der Waals surface area (Å²) in [6, 6.07) is 4.84. The molecule has 0 saturated carbocycles. The highest BCUT2D eigenvalue weighted by Crippen LogP contribution is 2.27. The molecule has 0 amide bonds. The van der Waals surface area contributed by atoms with Crippen molar-refractivity contribution in [1.82, 2.24) is 5.32 Å². The molecule has 106 valence electrons. The van der Waals surface area contributed by atoms with Crippen molar-refractivity contribution < 1.29 is 19.1 Å². The molecule has 1 rings (SSSR count). The van der Waals surface area contributed by atoms with E-state index in [4.69, 9.17) is 14.2 Å². The Morgan fingerprint density at radius 2 is 2.11 bits per heavy atom. The number of methoxy groups -OCH3 is 2. The van der Waals surface area contributed by atoms with E-state index in [1.807, 2.05) is 0 Å². The Morgan fingerprint density at radius 3 is 2.74 bits per heavy atom. The molecule has 0 aliphatic rings. The number of rotatable bonds is 9. The van der Waals surface area contributed by atoms with Crippen LogP contribution in [-0.4, -0.2) is 39.1 Å². The van der Waals surface area contributed by atoms with Crippen molar-refractivity contribution in [3.05, 3.63) is 33.9 Å². The van der Waals surface area contributed by atoms with Crippen molar-refractivity contribution in [2.24, 2.45) is 0 Å². The first-order valence-corrected chi connectivity index (χ1v) is 5.77. The Hall–Kier alpha value is -1.70. The highest BCUT2D eigenvalue weighted by atomic mass is 16.7. The lowest BCUT2D eigenvalue weighted by Gasteiger charge is -2.08. The summed E-state index contributed by atoms with van der Waals surface area (Å²) in [7, 11) is 3.08. The van der Waals surface area contributed by atoms with Gasteiger partial charge in [-0.15, -0.1) is 0 Å². The van der Waals surface area contributed by atoms with Crippen LogP contribution in [0.15, 0.2) is 18.2 Å². The molecule has 0 spiro atoms. The number of nitro benzene ring substituents is 1. The minimum atomic E-state index is -0.469. The Kier molecular flexibility index (Phi) is 6.80. The molecule has 0 aliphatic heterocycles. The summed E-state index contributed by atoms with van der Waals surface area (Å²) < 4.78 is 14.8. The predicted octanol–water partition coefficient (Wildman–Crippen LogP) is 1.31. The highest BCUT2D eigenvalue weighted by molar-refractivity contribution is 5.48. The SMILES string of the molecule is COCCNCc1ccc(OCOC)c([N+](=O)[O-])c1. The summed E-state index contributed by atoms with van der Waals surface area (Å²) >= 11 is 0. The number of nitrogens with one attached hydrogen (secondary N) is 1. The van der Waals surface area contributed by atoms with Crippen LogP contribution in [0, 0.1) is 10.1 Å². The molecular formula is C12H18N2O5. The van der Waals surface area contributed by atoms with Crippen LogP contribution in [0.25, 0.3) is 0 Å². The van der Waals surface area contributed by atoms with Crippen LogP contribution < -0.4 is 10.1 Å². The van der Waals surface area contributed by atoms with E-state index in [0.29, 0.717) is 19.7 Å². The summed E-state index contributed by atoms with van der Waals surface area (Å²) in [6.07, 6.45) is 0. The van der Waals surface area contributed by atoms with Crippen LogP contribution in [0.2, 0.25) is 0 Å². The zero-order chi connectivity index (χ0) is 14.1. The van der Waals surface area contributed by atoms with Gasteiger partial charge in [0, 0.05) is 33.4 Å². The fourth-order valence-corrected chi connectivity index (χ4v) is 1.47. The standard InChI is InChI=1S/C12H18N2O5/c1-17-6-5-13-8-10-3-4-12(19-9-18-2)11(7-10)14(15)16/h3-4,7,13H,5-6,8-9H2,1-2H3. The predicted molar refractivity (Wildman–Crippen MR) is 69.2 cm³/mol. The number of hydrogen-bond acceptors (Lipinski definition) is 6. The van der Waals surface area contributed by atoms with E-state index in [-0.39, 0.29) is 18.2 Å². The second-order valence-corrected chi connectivity index (χ2v) is 3.78. The van der Waals surface area contributed by atoms with Crippen LogP contribution >= 0.6 is 0 Å². The third-order valence-corrected chi connectivity index (χ3v) is 2.36. The molecule has 0 bridgehead atoms.